The van der Waals surface area contributed by atoms with Gasteiger partial charge in [0.1, 0.15) is 0 Å². The third-order valence-electron chi connectivity index (χ3n) is 2.06. The van der Waals surface area contributed by atoms with Crippen LogP contribution in [0.5, 0.6) is 0 Å². The summed E-state index contributed by atoms with van der Waals surface area (Å²) in [7, 11) is 0. The first kappa shape index (κ1) is 14.3. The highest BCUT2D eigenvalue weighted by atomic mass is 19.4. The molecular weight excluding hydrogens is 264 g/mol. The Labute approximate surface area is 97.5 Å². The molecule has 0 saturated heterocycles. The maximum atomic E-state index is 12.4. The molecule has 0 fully saturated rings. The molecule has 0 spiro atoms. The lowest BCUT2D eigenvalue weighted by Gasteiger charge is -2.13. The van der Waals surface area contributed by atoms with Crippen LogP contribution < -0.4 is 0 Å². The van der Waals surface area contributed by atoms with E-state index in [1.807, 2.05) is 0 Å². The maximum Gasteiger partial charge on any atom is 0.416 e. The quantitative estimate of drug-likeness (QED) is 0.378. The summed E-state index contributed by atoms with van der Waals surface area (Å²) in [5.41, 5.74) is -3.02. The molecule has 0 bridgehead atoms. The van der Waals surface area contributed by atoms with Crippen LogP contribution in [0.4, 0.5) is 26.3 Å². The average molecular weight is 271 g/mol. The fourth-order valence-corrected chi connectivity index (χ4v) is 1.28. The molecule has 2 nitrogen and oxygen atoms in total. The van der Waals surface area contributed by atoms with Crippen molar-refractivity contribution in [2.24, 2.45) is 5.16 Å². The third-order valence-corrected chi connectivity index (χ3v) is 2.06. The van der Waals surface area contributed by atoms with Gasteiger partial charge in [0, 0.05) is 12.6 Å². The molecule has 0 atom stereocenters. The van der Waals surface area contributed by atoms with Gasteiger partial charge in [-0.1, -0.05) is 0 Å². The van der Waals surface area contributed by atoms with Gasteiger partial charge in [-0.2, -0.15) is 26.3 Å². The molecule has 1 aromatic carbocycles. The lowest BCUT2D eigenvalue weighted by Crippen LogP contribution is -2.11. The summed E-state index contributed by atoms with van der Waals surface area (Å²) in [6, 6.07) is 1.20. The van der Waals surface area contributed by atoms with Crippen LogP contribution in [0.3, 0.4) is 0 Å². The number of rotatable bonds is 2. The van der Waals surface area contributed by atoms with Gasteiger partial charge in [-0.25, -0.2) is 0 Å². The first-order chi connectivity index (χ1) is 8.14. The van der Waals surface area contributed by atoms with E-state index in [-0.39, 0.29) is 18.1 Å². The zero-order valence-corrected chi connectivity index (χ0v) is 8.68. The number of halogens is 6. The van der Waals surface area contributed by atoms with Crippen LogP contribution in [0.15, 0.2) is 23.4 Å². The summed E-state index contributed by atoms with van der Waals surface area (Å²) in [6.45, 7) is 0. The molecule has 8 heteroatoms. The average Bonchev–Trinajstić information content (AvgIpc) is 2.23. The van der Waals surface area contributed by atoms with Gasteiger partial charge in [0.05, 0.1) is 11.1 Å². The fourth-order valence-electron chi connectivity index (χ4n) is 1.28. The zero-order chi connectivity index (χ0) is 14.0. The molecule has 0 unspecified atom stereocenters. The monoisotopic (exact) mass is 271 g/mol. The molecule has 0 radical (unpaired) electrons. The molecule has 0 aliphatic rings. The summed E-state index contributed by atoms with van der Waals surface area (Å²) in [6.07, 6.45) is -9.27. The number of hydrogen-bond donors (Lipinski definition) is 1. The highest BCUT2D eigenvalue weighted by molar-refractivity contribution is 5.61. The molecule has 100 valence electrons. The van der Waals surface area contributed by atoms with Crippen molar-refractivity contribution in [3.8, 4) is 0 Å². The van der Waals surface area contributed by atoms with E-state index < -0.39 is 23.5 Å². The van der Waals surface area contributed by atoms with E-state index in [4.69, 9.17) is 5.21 Å². The minimum atomic E-state index is -4.87. The number of alkyl halides is 6. The Bertz CT molecular complexity index is 416. The minimum absolute atomic E-state index is 0.0413. The largest absolute Gasteiger partial charge is 0.416 e. The van der Waals surface area contributed by atoms with Crippen LogP contribution in [0, 0.1) is 0 Å². The van der Waals surface area contributed by atoms with Gasteiger partial charge in [0.2, 0.25) is 0 Å². The van der Waals surface area contributed by atoms with Crippen molar-refractivity contribution >= 4 is 6.21 Å². The van der Waals surface area contributed by atoms with Crippen molar-refractivity contribution in [2.45, 2.75) is 18.8 Å². The molecule has 0 aliphatic carbocycles. The van der Waals surface area contributed by atoms with E-state index in [1.54, 1.807) is 0 Å². The predicted octanol–water partition coefficient (Wildman–Crippen LogP) is 3.73. The van der Waals surface area contributed by atoms with E-state index in [2.05, 4.69) is 5.16 Å². The number of benzene rings is 1. The predicted molar refractivity (Wildman–Crippen MR) is 50.4 cm³/mol. The topological polar surface area (TPSA) is 32.6 Å². The van der Waals surface area contributed by atoms with Crippen LogP contribution in [0.25, 0.3) is 0 Å². The van der Waals surface area contributed by atoms with E-state index >= 15 is 0 Å². The summed E-state index contributed by atoms with van der Waals surface area (Å²) in [4.78, 5) is 0. The van der Waals surface area contributed by atoms with E-state index in [1.165, 1.54) is 0 Å². The Morgan fingerprint density at radius 2 is 1.39 bits per heavy atom. The molecule has 1 aromatic rings. The molecule has 0 aromatic heterocycles. The summed E-state index contributed by atoms with van der Waals surface area (Å²) < 4.78 is 74.4. The Balaban J connectivity index is 3.29. The van der Waals surface area contributed by atoms with Gasteiger partial charge >= 0.3 is 12.4 Å². The summed E-state index contributed by atoms with van der Waals surface area (Å²) >= 11 is 0. The molecule has 0 amide bonds. The van der Waals surface area contributed by atoms with E-state index in [0.717, 1.165) is 6.21 Å². The minimum Gasteiger partial charge on any atom is -0.411 e. The highest BCUT2D eigenvalue weighted by Crippen LogP contribution is 2.36. The molecular formula is C10H7F6NO. The fraction of sp³-hybridized carbons (Fsp3) is 0.300. The van der Waals surface area contributed by atoms with Crippen LogP contribution in [0.2, 0.25) is 0 Å². The Hall–Kier alpha value is -1.73. The van der Waals surface area contributed by atoms with E-state index in [0.29, 0.717) is 12.1 Å². The normalized spacial score (nSPS) is 13.2. The molecule has 0 heterocycles. The zero-order valence-electron chi connectivity index (χ0n) is 8.68. The van der Waals surface area contributed by atoms with Crippen molar-refractivity contribution in [1.82, 2.24) is 0 Å². The van der Waals surface area contributed by atoms with Gasteiger partial charge in [-0.3, -0.25) is 0 Å². The van der Waals surface area contributed by atoms with Crippen molar-refractivity contribution in [3.05, 3.63) is 34.9 Å². The van der Waals surface area contributed by atoms with Crippen molar-refractivity contribution < 1.29 is 31.5 Å². The molecule has 1 N–H and O–H groups in total. The Kier molecular flexibility index (Phi) is 3.88. The molecule has 0 aliphatic heterocycles. The maximum absolute atomic E-state index is 12.4. The summed E-state index contributed by atoms with van der Waals surface area (Å²) in [5, 5.41) is 10.6. The van der Waals surface area contributed by atoms with Crippen LogP contribution in [-0.2, 0) is 18.8 Å². The van der Waals surface area contributed by atoms with Gasteiger partial charge in [0.25, 0.3) is 0 Å². The second-order valence-corrected chi connectivity index (χ2v) is 3.42. The highest BCUT2D eigenvalue weighted by Gasteiger charge is 2.36. The molecule has 18 heavy (non-hydrogen) atoms. The smallest absolute Gasteiger partial charge is 0.411 e. The Morgan fingerprint density at radius 1 is 0.944 bits per heavy atom. The third kappa shape index (κ3) is 3.64. The first-order valence-corrected chi connectivity index (χ1v) is 4.59. The standard InChI is InChI=1S/C10H7F6NO/c11-9(12,13)7-3-6(1-2-17-18)4-8(5-7)10(14,15)16/h2-5,18H,1H2/b17-2+. The summed E-state index contributed by atoms with van der Waals surface area (Å²) in [5.74, 6) is 0. The molecule has 0 saturated carbocycles. The second-order valence-electron chi connectivity index (χ2n) is 3.42. The van der Waals surface area contributed by atoms with E-state index in [9.17, 15) is 26.3 Å². The number of nitrogens with zero attached hydrogens (tertiary/aromatic N) is 1. The van der Waals surface area contributed by atoms with Crippen LogP contribution >= 0.6 is 0 Å². The van der Waals surface area contributed by atoms with Crippen molar-refractivity contribution in [3.63, 3.8) is 0 Å². The van der Waals surface area contributed by atoms with Crippen LogP contribution in [-0.4, -0.2) is 11.4 Å². The number of oxime groups is 1. The lowest BCUT2D eigenvalue weighted by atomic mass is 10.0. The Morgan fingerprint density at radius 3 is 1.72 bits per heavy atom. The van der Waals surface area contributed by atoms with Crippen molar-refractivity contribution in [2.75, 3.05) is 0 Å². The first-order valence-electron chi connectivity index (χ1n) is 4.59. The van der Waals surface area contributed by atoms with Gasteiger partial charge in [-0.15, -0.1) is 5.16 Å². The van der Waals surface area contributed by atoms with Gasteiger partial charge in [0.15, 0.2) is 0 Å². The van der Waals surface area contributed by atoms with Crippen LogP contribution in [0.1, 0.15) is 16.7 Å². The SMILES string of the molecule is O/N=C/Cc1cc(C(F)(F)F)cc(C(F)(F)F)c1. The lowest BCUT2D eigenvalue weighted by molar-refractivity contribution is -0.143. The van der Waals surface area contributed by atoms with Gasteiger partial charge < -0.3 is 5.21 Å². The van der Waals surface area contributed by atoms with Gasteiger partial charge in [-0.05, 0) is 23.8 Å². The molecule has 1 rings (SSSR count). The number of hydrogen-bond acceptors (Lipinski definition) is 2. The second kappa shape index (κ2) is 4.87. The van der Waals surface area contributed by atoms with Crippen molar-refractivity contribution in [1.29, 1.82) is 0 Å².